The van der Waals surface area contributed by atoms with Crippen LogP contribution in [0.1, 0.15) is 11.1 Å². The van der Waals surface area contributed by atoms with Crippen molar-refractivity contribution in [1.82, 2.24) is 0 Å². The molecule has 0 N–H and O–H groups in total. The molecular formula is C10H8ClNS. The second-order valence-electron chi connectivity index (χ2n) is 2.44. The van der Waals surface area contributed by atoms with Crippen LogP contribution in [0.4, 0.5) is 0 Å². The van der Waals surface area contributed by atoms with E-state index in [4.69, 9.17) is 16.9 Å². The summed E-state index contributed by atoms with van der Waals surface area (Å²) in [6, 6.07) is 7.36. The monoisotopic (exact) mass is 209 g/mol. The molecule has 0 aromatic heterocycles. The van der Waals surface area contributed by atoms with Gasteiger partial charge < -0.3 is 0 Å². The molecule has 0 spiro atoms. The summed E-state index contributed by atoms with van der Waals surface area (Å²) in [5, 5.41) is 9.19. The number of halogens is 1. The van der Waals surface area contributed by atoms with Crippen LogP contribution in [-0.4, -0.2) is 5.75 Å². The van der Waals surface area contributed by atoms with Gasteiger partial charge in [0.25, 0.3) is 0 Å². The third kappa shape index (κ3) is 2.80. The van der Waals surface area contributed by atoms with Gasteiger partial charge in [-0.1, -0.05) is 29.8 Å². The molecule has 0 aliphatic heterocycles. The molecule has 0 atom stereocenters. The average molecular weight is 210 g/mol. The Hall–Kier alpha value is -0.910. The van der Waals surface area contributed by atoms with Crippen LogP contribution in [-0.2, 0) is 0 Å². The van der Waals surface area contributed by atoms with E-state index in [2.05, 4.69) is 12.6 Å². The molecule has 0 saturated heterocycles. The predicted molar refractivity (Wildman–Crippen MR) is 59.1 cm³/mol. The maximum absolute atomic E-state index is 8.69. The second-order valence-corrected chi connectivity index (χ2v) is 3.21. The highest BCUT2D eigenvalue weighted by Gasteiger charge is 1.98. The van der Waals surface area contributed by atoms with Crippen molar-refractivity contribution < 1.29 is 0 Å². The first-order valence-electron chi connectivity index (χ1n) is 3.75. The minimum absolute atomic E-state index is 0.491. The van der Waals surface area contributed by atoms with Crippen LogP contribution in [0.5, 0.6) is 0 Å². The van der Waals surface area contributed by atoms with Crippen molar-refractivity contribution in [3.05, 3.63) is 40.4 Å². The van der Waals surface area contributed by atoms with Crippen LogP contribution in [0.15, 0.2) is 24.3 Å². The molecular weight excluding hydrogens is 202 g/mol. The van der Waals surface area contributed by atoms with Gasteiger partial charge in [-0.2, -0.15) is 17.9 Å². The average Bonchev–Trinajstić information content (AvgIpc) is 2.16. The largest absolute Gasteiger partial charge is 0.192 e. The van der Waals surface area contributed by atoms with E-state index in [9.17, 15) is 0 Å². The van der Waals surface area contributed by atoms with Gasteiger partial charge >= 0.3 is 0 Å². The summed E-state index contributed by atoms with van der Waals surface area (Å²) in [6.07, 6.45) is 3.82. The van der Waals surface area contributed by atoms with Crippen molar-refractivity contribution in [2.24, 2.45) is 0 Å². The number of hydrogen-bond acceptors (Lipinski definition) is 2. The molecule has 0 aliphatic rings. The Bertz CT molecular complexity index is 366. The lowest BCUT2D eigenvalue weighted by Gasteiger charge is -1.96. The van der Waals surface area contributed by atoms with Crippen molar-refractivity contribution in [2.75, 3.05) is 5.75 Å². The third-order valence-electron chi connectivity index (χ3n) is 1.53. The van der Waals surface area contributed by atoms with Crippen LogP contribution in [0, 0.1) is 11.3 Å². The first-order valence-corrected chi connectivity index (χ1v) is 4.76. The summed E-state index contributed by atoms with van der Waals surface area (Å²) in [4.78, 5) is 0. The van der Waals surface area contributed by atoms with E-state index in [0.717, 1.165) is 5.56 Å². The number of nitrogens with zero attached hydrogens (tertiary/aromatic N) is 1. The standard InChI is InChI=1S/C10H8ClNS/c11-10-4-3-8(2-1-5-13)6-9(10)7-12/h1-4,6,13H,5H2. The first-order chi connectivity index (χ1) is 6.27. The van der Waals surface area contributed by atoms with Crippen molar-refractivity contribution in [3.8, 4) is 6.07 Å². The summed E-state index contributed by atoms with van der Waals surface area (Å²) < 4.78 is 0. The minimum atomic E-state index is 0.491. The van der Waals surface area contributed by atoms with Gasteiger partial charge in [-0.15, -0.1) is 0 Å². The highest BCUT2D eigenvalue weighted by Crippen LogP contribution is 2.17. The van der Waals surface area contributed by atoms with Gasteiger partial charge in [0.05, 0.1) is 10.6 Å². The lowest BCUT2D eigenvalue weighted by molar-refractivity contribution is 1.48. The van der Waals surface area contributed by atoms with E-state index in [1.54, 1.807) is 12.1 Å². The van der Waals surface area contributed by atoms with Gasteiger partial charge in [0.1, 0.15) is 6.07 Å². The third-order valence-corrected chi connectivity index (χ3v) is 2.07. The number of thiol groups is 1. The van der Waals surface area contributed by atoms with E-state index in [1.165, 1.54) is 0 Å². The molecule has 0 unspecified atom stereocenters. The topological polar surface area (TPSA) is 23.8 Å². The molecule has 13 heavy (non-hydrogen) atoms. The summed E-state index contributed by atoms with van der Waals surface area (Å²) in [6.45, 7) is 0. The van der Waals surface area contributed by atoms with Gasteiger partial charge in [-0.05, 0) is 17.7 Å². The zero-order valence-electron chi connectivity index (χ0n) is 6.87. The van der Waals surface area contributed by atoms with Crippen molar-refractivity contribution >= 4 is 30.3 Å². The van der Waals surface area contributed by atoms with Crippen molar-refractivity contribution in [3.63, 3.8) is 0 Å². The summed E-state index contributed by atoms with van der Waals surface area (Å²) in [5.74, 6) is 0.685. The molecule has 0 radical (unpaired) electrons. The maximum atomic E-state index is 8.69. The van der Waals surface area contributed by atoms with E-state index < -0.39 is 0 Å². The van der Waals surface area contributed by atoms with Crippen molar-refractivity contribution in [2.45, 2.75) is 0 Å². The van der Waals surface area contributed by atoms with E-state index in [-0.39, 0.29) is 0 Å². The highest BCUT2D eigenvalue weighted by molar-refractivity contribution is 7.80. The predicted octanol–water partition coefficient (Wildman–Crippen LogP) is 3.15. The zero-order valence-corrected chi connectivity index (χ0v) is 8.52. The van der Waals surface area contributed by atoms with Crippen LogP contribution in [0.25, 0.3) is 6.08 Å². The molecule has 0 aliphatic carbocycles. The number of benzene rings is 1. The molecule has 1 rings (SSSR count). The van der Waals surface area contributed by atoms with Crippen LogP contribution >= 0.6 is 24.2 Å². The quantitative estimate of drug-likeness (QED) is 0.744. The van der Waals surface area contributed by atoms with Gasteiger partial charge in [-0.25, -0.2) is 0 Å². The van der Waals surface area contributed by atoms with Gasteiger partial charge in [0, 0.05) is 5.75 Å². The zero-order chi connectivity index (χ0) is 9.68. The van der Waals surface area contributed by atoms with Gasteiger partial charge in [0.2, 0.25) is 0 Å². The number of hydrogen-bond donors (Lipinski definition) is 1. The lowest BCUT2D eigenvalue weighted by atomic mass is 10.1. The number of rotatable bonds is 2. The molecule has 0 heterocycles. The smallest absolute Gasteiger partial charge is 0.101 e. The Labute approximate surface area is 88.1 Å². The lowest BCUT2D eigenvalue weighted by Crippen LogP contribution is -1.79. The Kier molecular flexibility index (Phi) is 3.88. The molecule has 0 amide bonds. The number of nitriles is 1. The molecule has 1 aromatic rings. The molecule has 0 bridgehead atoms. The first kappa shape index (κ1) is 10.2. The molecule has 0 fully saturated rings. The van der Waals surface area contributed by atoms with E-state index >= 15 is 0 Å². The van der Waals surface area contributed by atoms with Crippen molar-refractivity contribution in [1.29, 1.82) is 5.26 Å². The minimum Gasteiger partial charge on any atom is -0.192 e. The Balaban J connectivity index is 3.01. The molecule has 1 nitrogen and oxygen atoms in total. The van der Waals surface area contributed by atoms with E-state index in [1.807, 2.05) is 24.3 Å². The maximum Gasteiger partial charge on any atom is 0.101 e. The Morgan fingerprint density at radius 1 is 1.54 bits per heavy atom. The molecule has 1 aromatic carbocycles. The Morgan fingerprint density at radius 2 is 2.31 bits per heavy atom. The summed E-state index contributed by atoms with van der Waals surface area (Å²) >= 11 is 9.81. The van der Waals surface area contributed by atoms with Crippen LogP contribution < -0.4 is 0 Å². The van der Waals surface area contributed by atoms with Crippen LogP contribution in [0.3, 0.4) is 0 Å². The van der Waals surface area contributed by atoms with Gasteiger partial charge in [0.15, 0.2) is 0 Å². The van der Waals surface area contributed by atoms with Crippen LogP contribution in [0.2, 0.25) is 5.02 Å². The fourth-order valence-electron chi connectivity index (χ4n) is 0.921. The molecule has 66 valence electrons. The molecule has 3 heteroatoms. The highest BCUT2D eigenvalue weighted by atomic mass is 35.5. The SMILES string of the molecule is N#Cc1cc(C=CCS)ccc1Cl. The van der Waals surface area contributed by atoms with E-state index in [0.29, 0.717) is 16.3 Å². The fraction of sp³-hybridized carbons (Fsp3) is 0.100. The van der Waals surface area contributed by atoms with Gasteiger partial charge in [-0.3, -0.25) is 0 Å². The fourth-order valence-corrected chi connectivity index (χ4v) is 1.19. The summed E-state index contributed by atoms with van der Waals surface area (Å²) in [7, 11) is 0. The molecule has 0 saturated carbocycles. The normalized spacial score (nSPS) is 10.2. The summed E-state index contributed by atoms with van der Waals surface area (Å²) in [5.41, 5.74) is 1.47. The Morgan fingerprint density at radius 3 is 2.92 bits per heavy atom. The second kappa shape index (κ2) is 4.96.